The van der Waals surface area contributed by atoms with Crippen molar-refractivity contribution in [2.75, 3.05) is 14.2 Å². The second kappa shape index (κ2) is 12.7. The maximum Gasteiger partial charge on any atom is 0.311 e. The highest BCUT2D eigenvalue weighted by molar-refractivity contribution is 6.00. The summed E-state index contributed by atoms with van der Waals surface area (Å²) in [6.45, 7) is 0.108. The summed E-state index contributed by atoms with van der Waals surface area (Å²) in [6, 6.07) is 29.0. The van der Waals surface area contributed by atoms with Crippen LogP contribution in [0.5, 0.6) is 5.75 Å². The number of rotatable bonds is 8. The SMILES string of the molecule is COC(=O)C1C(c2ccccc2)C(C(=O)NCc2ccc(F)cc2)N(C(=O)c2cccc(OC)c2)C1c1ccccc1. The molecule has 0 aromatic heterocycles. The third-order valence-electron chi connectivity index (χ3n) is 7.67. The van der Waals surface area contributed by atoms with E-state index < -0.39 is 41.7 Å². The highest BCUT2D eigenvalue weighted by Gasteiger charge is 2.58. The number of carbonyl (C=O) groups excluding carboxylic acids is 3. The molecule has 4 aromatic carbocycles. The van der Waals surface area contributed by atoms with E-state index in [1.165, 1.54) is 31.3 Å². The van der Waals surface area contributed by atoms with Gasteiger partial charge in [-0.2, -0.15) is 0 Å². The van der Waals surface area contributed by atoms with Gasteiger partial charge in [0.25, 0.3) is 5.91 Å². The zero-order valence-corrected chi connectivity index (χ0v) is 23.3. The standard InChI is InChI=1S/C34H31FN2O5/c1-41-27-15-9-14-25(20-27)33(39)37-30(24-12-7-4-8-13-24)29(34(40)42-2)28(23-10-5-3-6-11-23)31(37)32(38)36-21-22-16-18-26(35)19-17-22/h3-20,28-31H,21H2,1-2H3,(H,36,38). The van der Waals surface area contributed by atoms with Crippen LogP contribution in [0.25, 0.3) is 0 Å². The van der Waals surface area contributed by atoms with Crippen molar-refractivity contribution in [3.8, 4) is 5.75 Å². The Morgan fingerprint density at radius 3 is 2.07 bits per heavy atom. The Morgan fingerprint density at radius 1 is 0.810 bits per heavy atom. The lowest BCUT2D eigenvalue weighted by Crippen LogP contribution is -2.48. The van der Waals surface area contributed by atoms with Gasteiger partial charge in [-0.15, -0.1) is 0 Å². The molecule has 214 valence electrons. The Balaban J connectivity index is 1.67. The molecule has 42 heavy (non-hydrogen) atoms. The molecule has 1 aliphatic heterocycles. The van der Waals surface area contributed by atoms with E-state index in [0.29, 0.717) is 22.4 Å². The van der Waals surface area contributed by atoms with E-state index in [0.717, 1.165) is 5.56 Å². The summed E-state index contributed by atoms with van der Waals surface area (Å²) < 4.78 is 24.2. The number of nitrogens with one attached hydrogen (secondary N) is 1. The molecule has 1 N–H and O–H groups in total. The molecule has 2 amide bonds. The van der Waals surface area contributed by atoms with E-state index in [4.69, 9.17) is 9.47 Å². The molecule has 5 rings (SSSR count). The van der Waals surface area contributed by atoms with E-state index in [1.807, 2.05) is 60.7 Å². The van der Waals surface area contributed by atoms with Crippen LogP contribution in [-0.2, 0) is 20.9 Å². The fraction of sp³-hybridized carbons (Fsp3) is 0.206. The first-order valence-electron chi connectivity index (χ1n) is 13.6. The second-order valence-corrected chi connectivity index (χ2v) is 10.1. The van der Waals surface area contributed by atoms with Gasteiger partial charge in [0, 0.05) is 18.0 Å². The maximum atomic E-state index is 14.5. The van der Waals surface area contributed by atoms with Gasteiger partial charge in [-0.3, -0.25) is 14.4 Å². The Hall–Kier alpha value is -4.98. The zero-order chi connectivity index (χ0) is 29.6. The van der Waals surface area contributed by atoms with Gasteiger partial charge >= 0.3 is 5.97 Å². The minimum absolute atomic E-state index is 0.108. The number of hydrogen-bond acceptors (Lipinski definition) is 5. The Labute approximate surface area is 243 Å². The van der Waals surface area contributed by atoms with Crippen molar-refractivity contribution in [1.82, 2.24) is 10.2 Å². The number of esters is 1. The average Bonchev–Trinajstić information content (AvgIpc) is 3.40. The topological polar surface area (TPSA) is 84.9 Å². The Morgan fingerprint density at radius 2 is 1.45 bits per heavy atom. The number of likely N-dealkylation sites (tertiary alicyclic amines) is 1. The van der Waals surface area contributed by atoms with E-state index in [2.05, 4.69) is 5.32 Å². The number of ether oxygens (including phenoxy) is 2. The number of nitrogens with zero attached hydrogens (tertiary/aromatic N) is 1. The third-order valence-corrected chi connectivity index (χ3v) is 7.67. The van der Waals surface area contributed by atoms with Crippen LogP contribution in [0, 0.1) is 11.7 Å². The van der Waals surface area contributed by atoms with Crippen molar-refractivity contribution in [3.05, 3.63) is 137 Å². The van der Waals surface area contributed by atoms with Gasteiger partial charge in [-0.1, -0.05) is 78.9 Å². The van der Waals surface area contributed by atoms with Crippen molar-refractivity contribution < 1.29 is 28.2 Å². The predicted molar refractivity (Wildman–Crippen MR) is 155 cm³/mol. The first-order chi connectivity index (χ1) is 20.4. The van der Waals surface area contributed by atoms with Gasteiger partial charge in [0.05, 0.1) is 26.2 Å². The molecule has 1 aliphatic rings. The van der Waals surface area contributed by atoms with E-state index >= 15 is 0 Å². The van der Waals surface area contributed by atoms with Gasteiger partial charge < -0.3 is 19.7 Å². The summed E-state index contributed by atoms with van der Waals surface area (Å²) in [4.78, 5) is 43.8. The summed E-state index contributed by atoms with van der Waals surface area (Å²) in [6.07, 6.45) is 0. The van der Waals surface area contributed by atoms with E-state index in [9.17, 15) is 18.8 Å². The zero-order valence-electron chi connectivity index (χ0n) is 23.3. The smallest absolute Gasteiger partial charge is 0.311 e. The molecule has 0 saturated carbocycles. The Bertz CT molecular complexity index is 1550. The predicted octanol–water partition coefficient (Wildman–Crippen LogP) is 5.29. The van der Waals surface area contributed by atoms with Crippen molar-refractivity contribution >= 4 is 17.8 Å². The van der Waals surface area contributed by atoms with E-state index in [1.54, 1.807) is 36.4 Å². The number of halogens is 1. The lowest BCUT2D eigenvalue weighted by Gasteiger charge is -2.31. The first-order valence-corrected chi connectivity index (χ1v) is 13.6. The summed E-state index contributed by atoms with van der Waals surface area (Å²) >= 11 is 0. The van der Waals surface area contributed by atoms with Gasteiger partial charge in [0.1, 0.15) is 17.6 Å². The lowest BCUT2D eigenvalue weighted by molar-refractivity contribution is -0.146. The summed E-state index contributed by atoms with van der Waals surface area (Å²) in [5.74, 6) is -2.93. The van der Waals surface area contributed by atoms with Crippen LogP contribution in [0.4, 0.5) is 4.39 Å². The molecule has 8 heteroatoms. The van der Waals surface area contributed by atoms with Gasteiger partial charge in [0.15, 0.2) is 0 Å². The van der Waals surface area contributed by atoms with Crippen LogP contribution in [0.2, 0.25) is 0 Å². The fourth-order valence-electron chi connectivity index (χ4n) is 5.75. The van der Waals surface area contributed by atoms with Crippen molar-refractivity contribution in [2.45, 2.75) is 24.5 Å². The second-order valence-electron chi connectivity index (χ2n) is 10.1. The number of amides is 2. The Kier molecular flexibility index (Phi) is 8.62. The minimum atomic E-state index is -1.08. The van der Waals surface area contributed by atoms with Crippen LogP contribution in [0.3, 0.4) is 0 Å². The number of hydrogen-bond donors (Lipinski definition) is 1. The largest absolute Gasteiger partial charge is 0.497 e. The average molecular weight is 567 g/mol. The summed E-state index contributed by atoms with van der Waals surface area (Å²) in [5.41, 5.74) is 2.41. The van der Waals surface area contributed by atoms with Crippen LogP contribution >= 0.6 is 0 Å². The molecule has 4 aromatic rings. The molecule has 1 fully saturated rings. The molecular formula is C34H31FN2O5. The fourth-order valence-corrected chi connectivity index (χ4v) is 5.75. The quantitative estimate of drug-likeness (QED) is 0.293. The maximum absolute atomic E-state index is 14.5. The molecule has 0 spiro atoms. The normalized spacial score (nSPS) is 19.6. The third kappa shape index (κ3) is 5.74. The molecule has 1 saturated heterocycles. The summed E-state index contributed by atoms with van der Waals surface area (Å²) in [7, 11) is 2.82. The van der Waals surface area contributed by atoms with Crippen molar-refractivity contribution in [2.24, 2.45) is 5.92 Å². The van der Waals surface area contributed by atoms with Gasteiger partial charge in [-0.05, 0) is 47.0 Å². The monoisotopic (exact) mass is 566 g/mol. The molecule has 4 atom stereocenters. The van der Waals surface area contributed by atoms with Crippen LogP contribution < -0.4 is 10.1 Å². The van der Waals surface area contributed by atoms with Crippen molar-refractivity contribution in [1.29, 1.82) is 0 Å². The van der Waals surface area contributed by atoms with Gasteiger partial charge in [-0.25, -0.2) is 4.39 Å². The van der Waals surface area contributed by atoms with Crippen molar-refractivity contribution in [3.63, 3.8) is 0 Å². The molecule has 0 bridgehead atoms. The van der Waals surface area contributed by atoms with Crippen LogP contribution in [0.1, 0.15) is 39.0 Å². The van der Waals surface area contributed by atoms with Gasteiger partial charge in [0.2, 0.25) is 5.91 Å². The highest BCUT2D eigenvalue weighted by Crippen LogP contribution is 2.51. The molecule has 7 nitrogen and oxygen atoms in total. The molecule has 0 radical (unpaired) electrons. The first kappa shape index (κ1) is 28.5. The van der Waals surface area contributed by atoms with Crippen LogP contribution in [0.15, 0.2) is 109 Å². The molecule has 0 aliphatic carbocycles. The van der Waals surface area contributed by atoms with Crippen LogP contribution in [-0.4, -0.2) is 42.9 Å². The molecular weight excluding hydrogens is 535 g/mol. The number of benzene rings is 4. The number of methoxy groups -OCH3 is 2. The summed E-state index contributed by atoms with van der Waals surface area (Å²) in [5, 5.41) is 2.94. The number of carbonyl (C=O) groups is 3. The minimum Gasteiger partial charge on any atom is -0.497 e. The highest BCUT2D eigenvalue weighted by atomic mass is 19.1. The van der Waals surface area contributed by atoms with E-state index in [-0.39, 0.29) is 12.4 Å². The molecule has 1 heterocycles. The lowest BCUT2D eigenvalue weighted by atomic mass is 9.80. The molecule has 4 unspecified atom stereocenters.